The molecule has 2 aliphatic rings. The van der Waals surface area contributed by atoms with Crippen molar-refractivity contribution in [2.45, 2.75) is 44.7 Å². The summed E-state index contributed by atoms with van der Waals surface area (Å²) in [5.74, 6) is -2.16. The van der Waals surface area contributed by atoms with E-state index in [1.165, 1.54) is 0 Å². The molecule has 1 fully saturated rings. The van der Waals surface area contributed by atoms with Gasteiger partial charge in [0, 0.05) is 22.3 Å². The summed E-state index contributed by atoms with van der Waals surface area (Å²) in [6, 6.07) is 7.02. The Morgan fingerprint density at radius 2 is 1.69 bits per heavy atom. The number of benzene rings is 1. The highest BCUT2D eigenvalue weighted by Crippen LogP contribution is 2.41. The Balaban J connectivity index is 1.44. The molecule has 0 amide bonds. The van der Waals surface area contributed by atoms with Crippen LogP contribution in [0.5, 0.6) is 5.75 Å². The summed E-state index contributed by atoms with van der Waals surface area (Å²) < 4.78 is 15.9. The summed E-state index contributed by atoms with van der Waals surface area (Å²) in [5.41, 5.74) is 2.36. The summed E-state index contributed by atoms with van der Waals surface area (Å²) in [5, 5.41) is 19.6. The van der Waals surface area contributed by atoms with Gasteiger partial charge in [-0.2, -0.15) is 0 Å². The van der Waals surface area contributed by atoms with Crippen molar-refractivity contribution in [2.24, 2.45) is 5.92 Å². The number of nitrogens with zero attached hydrogens (tertiary/aromatic N) is 3. The molecule has 4 atom stereocenters. The molecule has 0 bridgehead atoms. The first-order valence-corrected chi connectivity index (χ1v) is 10.9. The fraction of sp³-hybridized carbons (Fsp3) is 0.381. The zero-order valence-electron chi connectivity index (χ0n) is 18.5. The van der Waals surface area contributed by atoms with Crippen LogP contribution in [0, 0.1) is 33.1 Å². The van der Waals surface area contributed by atoms with Crippen molar-refractivity contribution in [2.75, 3.05) is 0 Å². The normalized spacial score (nSPS) is 22.4. The maximum Gasteiger partial charge on any atom is 0.521 e. The molecule has 4 rings (SSSR count). The van der Waals surface area contributed by atoms with Gasteiger partial charge in [-0.05, 0) is 37.5 Å². The van der Waals surface area contributed by atoms with Gasteiger partial charge in [0.25, 0.3) is 10.2 Å². The number of hydrogen-bond acceptors (Lipinski definition) is 12. The first-order chi connectivity index (χ1) is 17.1. The maximum atomic E-state index is 12.5. The lowest BCUT2D eigenvalue weighted by molar-refractivity contribution is -0.797. The van der Waals surface area contributed by atoms with Gasteiger partial charge in [-0.3, -0.25) is 9.78 Å². The van der Waals surface area contributed by atoms with E-state index in [-0.39, 0.29) is 25.2 Å². The summed E-state index contributed by atoms with van der Waals surface area (Å²) in [4.78, 5) is 59.1. The van der Waals surface area contributed by atoms with Crippen LogP contribution in [0.3, 0.4) is 0 Å². The van der Waals surface area contributed by atoms with Crippen molar-refractivity contribution in [3.8, 4) is 5.75 Å². The van der Waals surface area contributed by atoms with Gasteiger partial charge >= 0.3 is 12.1 Å². The molecule has 36 heavy (non-hydrogen) atoms. The third-order valence-electron chi connectivity index (χ3n) is 5.79. The molecule has 1 aromatic carbocycles. The fourth-order valence-corrected chi connectivity index (χ4v) is 4.32. The van der Waals surface area contributed by atoms with Crippen LogP contribution in [0.2, 0.25) is 5.02 Å². The predicted octanol–water partition coefficient (Wildman–Crippen LogP) is 3.27. The van der Waals surface area contributed by atoms with Gasteiger partial charge in [0.05, 0.1) is 18.2 Å². The second-order valence-corrected chi connectivity index (χ2v) is 8.46. The number of rotatable bonds is 7. The first-order valence-electron chi connectivity index (χ1n) is 10.5. The topological polar surface area (TPSA) is 179 Å². The second kappa shape index (κ2) is 10.3. The molecular formula is C21H18ClN3O11. The molecule has 0 spiro atoms. The SMILES string of the molecule is Cc1ncc2c(c1OC(=O)OC(=O)C1C[C@H](O[N+](=O)[O-])[C@H](O[N+](=O)[O-])C1)CO[C@H]2c1ccc(Cl)cc1. The molecule has 1 aliphatic heterocycles. The smallest absolute Gasteiger partial charge is 0.392 e. The molecule has 0 saturated heterocycles. The monoisotopic (exact) mass is 523 g/mol. The Morgan fingerprint density at radius 1 is 1.08 bits per heavy atom. The number of esters is 1. The fourth-order valence-electron chi connectivity index (χ4n) is 4.20. The minimum absolute atomic E-state index is 0.0670. The largest absolute Gasteiger partial charge is 0.521 e. The van der Waals surface area contributed by atoms with E-state index in [2.05, 4.69) is 14.7 Å². The van der Waals surface area contributed by atoms with E-state index in [4.69, 9.17) is 25.8 Å². The number of pyridine rings is 1. The second-order valence-electron chi connectivity index (χ2n) is 8.03. The predicted molar refractivity (Wildman–Crippen MR) is 116 cm³/mol. The molecule has 1 aliphatic carbocycles. The lowest BCUT2D eigenvalue weighted by atomic mass is 10.0. The van der Waals surface area contributed by atoms with Gasteiger partial charge in [-0.25, -0.2) is 4.79 Å². The van der Waals surface area contributed by atoms with Crippen LogP contribution < -0.4 is 4.74 Å². The summed E-state index contributed by atoms with van der Waals surface area (Å²) in [6.07, 6.45) is -3.66. The van der Waals surface area contributed by atoms with Gasteiger partial charge in [-0.15, -0.1) is 20.2 Å². The lowest BCUT2D eigenvalue weighted by Crippen LogP contribution is -2.30. The molecule has 190 valence electrons. The molecule has 1 aromatic heterocycles. The highest BCUT2D eigenvalue weighted by molar-refractivity contribution is 6.30. The van der Waals surface area contributed by atoms with Gasteiger partial charge in [0.15, 0.2) is 5.75 Å². The van der Waals surface area contributed by atoms with Crippen molar-refractivity contribution >= 4 is 23.7 Å². The van der Waals surface area contributed by atoms with Gasteiger partial charge in [-0.1, -0.05) is 23.7 Å². The number of ether oxygens (including phenoxy) is 3. The average Bonchev–Trinajstić information content (AvgIpc) is 3.40. The third kappa shape index (κ3) is 5.44. The van der Waals surface area contributed by atoms with E-state index in [0.717, 1.165) is 5.56 Å². The Morgan fingerprint density at radius 3 is 2.28 bits per heavy atom. The standard InChI is InChI=1S/C21H18ClN3O11/c1-10-18(15-9-32-19(14(15)8-23-10)11-2-4-13(22)5-3-11)33-21(27)34-20(26)12-6-16(35-24(28)29)17(7-12)36-25(30)31/h2-5,8,12,16-17,19H,6-7,9H2,1H3/t12?,16-,17+,19-/m0/s1. The van der Waals surface area contributed by atoms with Gasteiger partial charge in [0.2, 0.25) is 0 Å². The van der Waals surface area contributed by atoms with E-state index in [1.807, 2.05) is 0 Å². The quantitative estimate of drug-likeness (QED) is 0.224. The van der Waals surface area contributed by atoms with Crippen LogP contribution >= 0.6 is 11.6 Å². The first kappa shape index (κ1) is 25.1. The minimum atomic E-state index is -1.38. The van der Waals surface area contributed by atoms with E-state index < -0.39 is 46.5 Å². The molecule has 1 unspecified atom stereocenters. The molecule has 2 aromatic rings. The number of halogens is 1. The van der Waals surface area contributed by atoms with E-state index in [1.54, 1.807) is 37.4 Å². The van der Waals surface area contributed by atoms with Gasteiger partial charge in [0.1, 0.15) is 18.3 Å². The zero-order valence-corrected chi connectivity index (χ0v) is 19.3. The molecule has 14 nitrogen and oxygen atoms in total. The van der Waals surface area contributed by atoms with Crippen molar-refractivity contribution in [3.63, 3.8) is 0 Å². The van der Waals surface area contributed by atoms with Crippen LogP contribution in [0.4, 0.5) is 4.79 Å². The molecule has 0 radical (unpaired) electrons. The van der Waals surface area contributed by atoms with Crippen molar-refractivity contribution in [1.29, 1.82) is 0 Å². The van der Waals surface area contributed by atoms with E-state index in [0.29, 0.717) is 21.8 Å². The van der Waals surface area contributed by atoms with Crippen molar-refractivity contribution < 1.29 is 43.6 Å². The van der Waals surface area contributed by atoms with Crippen LogP contribution in [0.25, 0.3) is 0 Å². The third-order valence-corrected chi connectivity index (χ3v) is 6.04. The Hall–Kier alpha value is -4.04. The molecule has 1 saturated carbocycles. The number of fused-ring (bicyclic) bond motifs is 1. The minimum Gasteiger partial charge on any atom is -0.392 e. The summed E-state index contributed by atoms with van der Waals surface area (Å²) >= 11 is 5.94. The summed E-state index contributed by atoms with van der Waals surface area (Å²) in [6.45, 7) is 1.70. The number of carbonyl (C=O) groups excluding carboxylic acids is 2. The van der Waals surface area contributed by atoms with E-state index >= 15 is 0 Å². The van der Waals surface area contributed by atoms with Crippen LogP contribution in [0.15, 0.2) is 30.5 Å². The van der Waals surface area contributed by atoms with Crippen molar-refractivity contribution in [3.05, 3.63) is 78.1 Å². The Bertz CT molecular complexity index is 1180. The van der Waals surface area contributed by atoms with Crippen molar-refractivity contribution in [1.82, 2.24) is 4.98 Å². The Kier molecular flexibility index (Phi) is 7.17. The van der Waals surface area contributed by atoms with Gasteiger partial charge < -0.3 is 23.9 Å². The lowest BCUT2D eigenvalue weighted by Gasteiger charge is -2.14. The van der Waals surface area contributed by atoms with Crippen LogP contribution in [0.1, 0.15) is 41.3 Å². The molecule has 0 N–H and O–H groups in total. The number of aromatic nitrogens is 1. The number of carbonyl (C=O) groups is 2. The highest BCUT2D eigenvalue weighted by atomic mass is 35.5. The number of hydrogen-bond donors (Lipinski definition) is 0. The molecular weight excluding hydrogens is 506 g/mol. The average molecular weight is 524 g/mol. The summed E-state index contributed by atoms with van der Waals surface area (Å²) in [7, 11) is 0. The Labute approximate surface area is 207 Å². The van der Waals surface area contributed by atoms with E-state index in [9.17, 15) is 29.8 Å². The van der Waals surface area contributed by atoms with Crippen LogP contribution in [-0.4, -0.2) is 39.5 Å². The number of aryl methyl sites for hydroxylation is 1. The van der Waals surface area contributed by atoms with Crippen LogP contribution in [-0.2, 0) is 30.6 Å². The highest BCUT2D eigenvalue weighted by Gasteiger charge is 2.44. The molecule has 15 heteroatoms. The maximum absolute atomic E-state index is 12.5. The zero-order chi connectivity index (χ0) is 26.0. The molecule has 2 heterocycles.